The molecule has 0 aliphatic rings. The van der Waals surface area contributed by atoms with Gasteiger partial charge in [-0.1, -0.05) is 0 Å². The molecule has 0 heterocycles. The summed E-state index contributed by atoms with van der Waals surface area (Å²) in [4.78, 5) is 0. The Morgan fingerprint density at radius 2 is 1.00 bits per heavy atom. The van der Waals surface area contributed by atoms with Crippen LogP contribution in [0.3, 0.4) is 0 Å². The molecule has 0 aliphatic carbocycles. The second-order valence-electron chi connectivity index (χ2n) is 2.62. The van der Waals surface area contributed by atoms with E-state index in [1.165, 1.54) is 0 Å². The van der Waals surface area contributed by atoms with E-state index in [4.69, 9.17) is 0 Å². The maximum atomic E-state index is 12.2. The second-order valence-corrected chi connectivity index (χ2v) is 4.04. The molecule has 0 aromatic rings. The van der Waals surface area contributed by atoms with E-state index in [1.54, 1.807) is 0 Å². The minimum atomic E-state index is -7.43. The van der Waals surface area contributed by atoms with Crippen molar-refractivity contribution in [3.05, 3.63) is 0 Å². The van der Waals surface area contributed by atoms with Gasteiger partial charge < -0.3 is 4.55 Å². The minimum absolute atomic E-state index is 0. The Kier molecular flexibility index (Phi) is 6.32. The molecule has 0 radical (unpaired) electrons. The van der Waals surface area contributed by atoms with E-state index in [0.717, 1.165) is 0 Å². The predicted molar refractivity (Wildman–Crippen MR) is 30.6 cm³/mol. The molecule has 0 saturated heterocycles. The van der Waals surface area contributed by atoms with Crippen molar-refractivity contribution in [3.63, 3.8) is 0 Å². The summed E-state index contributed by atoms with van der Waals surface area (Å²) in [7, 11) is -7.42. The third kappa shape index (κ3) is 3.14. The maximum Gasteiger partial charge on any atom is 1.00 e. The quantitative estimate of drug-likeness (QED) is 0.375. The Hall–Kier alpha value is 0.916. The van der Waals surface area contributed by atoms with Crippen LogP contribution in [0.1, 0.15) is 0 Å². The summed E-state index contributed by atoms with van der Waals surface area (Å²) in [6.07, 6.45) is -7.16. The first-order chi connectivity index (χ1) is 7.00. The molecule has 0 unspecified atom stereocenters. The number of hydrogen-bond donors (Lipinski definition) is 0. The smallest absolute Gasteiger partial charge is 0.743 e. The van der Waals surface area contributed by atoms with Crippen molar-refractivity contribution in [2.24, 2.45) is 0 Å². The predicted octanol–water partition coefficient (Wildman–Crippen LogP) is -1.04. The molecule has 0 amide bonds. The van der Waals surface area contributed by atoms with Crippen LogP contribution >= 0.6 is 0 Å². The summed E-state index contributed by atoms with van der Waals surface area (Å²) in [6, 6.07) is 0. The Morgan fingerprint density at radius 3 is 1.17 bits per heavy atom. The van der Waals surface area contributed by atoms with E-state index in [9.17, 15) is 52.5 Å². The van der Waals surface area contributed by atoms with Gasteiger partial charge in [-0.3, -0.25) is 0 Å². The maximum absolute atomic E-state index is 12.2. The van der Waals surface area contributed by atoms with E-state index in [-0.39, 0.29) is 51.4 Å². The van der Waals surface area contributed by atoms with Crippen LogP contribution in [0.2, 0.25) is 0 Å². The molecule has 14 heteroatoms. The summed E-state index contributed by atoms with van der Waals surface area (Å²) < 4.78 is 135. The average Bonchev–Trinajstić information content (AvgIpc) is 1.98. The standard InChI is InChI=1S/C4HF9O3S.K/c5-1(6,3(9,10)11)2(7,8)4(12,13)17(14,15)16;/h(H,14,15,16);/q;+1/p-1. The number of rotatable bonds is 3. The fraction of sp³-hybridized carbons (Fsp3) is 1.00. The topological polar surface area (TPSA) is 57.2 Å². The molecule has 0 aromatic heterocycles. The molecule has 18 heavy (non-hydrogen) atoms. The molecule has 0 N–H and O–H groups in total. The molecule has 3 nitrogen and oxygen atoms in total. The second kappa shape index (κ2) is 5.36. The van der Waals surface area contributed by atoms with Gasteiger partial charge in [0.15, 0.2) is 10.1 Å². The van der Waals surface area contributed by atoms with Crippen molar-refractivity contribution in [1.29, 1.82) is 0 Å². The Morgan fingerprint density at radius 1 is 0.722 bits per heavy atom. The van der Waals surface area contributed by atoms with Crippen LogP contribution in [-0.4, -0.2) is 36.2 Å². The van der Waals surface area contributed by atoms with Crippen molar-refractivity contribution in [3.8, 4) is 0 Å². The van der Waals surface area contributed by atoms with Crippen molar-refractivity contribution in [1.82, 2.24) is 0 Å². The van der Waals surface area contributed by atoms with Gasteiger partial charge in [0, 0.05) is 0 Å². The number of alkyl halides is 9. The SMILES string of the molecule is O=S(=O)([O-])C(F)(F)C(F)(F)C(F)(F)C(F)(F)F.[K+]. The van der Waals surface area contributed by atoms with Gasteiger partial charge in [0.2, 0.25) is 0 Å². The molecule has 0 rings (SSSR count). The molecular formula is C4F9KO3S. The summed E-state index contributed by atoms with van der Waals surface area (Å²) in [5, 5.41) is -7.11. The number of halogens is 9. The van der Waals surface area contributed by atoms with Crippen LogP contribution in [0.15, 0.2) is 0 Å². The molecule has 0 spiro atoms. The zero-order chi connectivity index (χ0) is 14.5. The fourth-order valence-electron chi connectivity index (χ4n) is 0.518. The van der Waals surface area contributed by atoms with Gasteiger partial charge in [0.05, 0.1) is 0 Å². The largest absolute Gasteiger partial charge is 1.00 e. The van der Waals surface area contributed by atoms with Gasteiger partial charge in [-0.2, -0.15) is 39.5 Å². The molecule has 104 valence electrons. The van der Waals surface area contributed by atoms with Crippen LogP contribution in [-0.2, 0) is 10.1 Å². The third-order valence-corrected chi connectivity index (χ3v) is 2.31. The Bertz CT molecular complexity index is 399. The summed E-state index contributed by atoms with van der Waals surface area (Å²) in [5.41, 5.74) is 0. The molecule has 0 aromatic carbocycles. The van der Waals surface area contributed by atoms with E-state index in [1.807, 2.05) is 0 Å². The van der Waals surface area contributed by atoms with Gasteiger partial charge in [-0.05, 0) is 0 Å². The van der Waals surface area contributed by atoms with Crippen molar-refractivity contribution in [2.75, 3.05) is 0 Å². The third-order valence-electron chi connectivity index (χ3n) is 1.43. The Labute approximate surface area is 136 Å². The van der Waals surface area contributed by atoms with E-state index in [2.05, 4.69) is 0 Å². The molecule has 0 bridgehead atoms. The zero-order valence-corrected chi connectivity index (χ0v) is 12.0. The van der Waals surface area contributed by atoms with Gasteiger partial charge >= 0.3 is 74.7 Å². The first-order valence-corrected chi connectivity index (χ1v) is 4.56. The van der Waals surface area contributed by atoms with Crippen LogP contribution in [0, 0.1) is 0 Å². The number of hydrogen-bond acceptors (Lipinski definition) is 3. The monoisotopic (exact) mass is 338 g/mol. The van der Waals surface area contributed by atoms with E-state index in [0.29, 0.717) is 0 Å². The zero-order valence-electron chi connectivity index (χ0n) is 8.03. The fourth-order valence-corrected chi connectivity index (χ4v) is 0.960. The van der Waals surface area contributed by atoms with Gasteiger partial charge in [-0.15, -0.1) is 0 Å². The van der Waals surface area contributed by atoms with Crippen LogP contribution < -0.4 is 51.4 Å². The van der Waals surface area contributed by atoms with Crippen molar-refractivity contribution in [2.45, 2.75) is 23.3 Å². The molecule has 0 aliphatic heterocycles. The van der Waals surface area contributed by atoms with Crippen LogP contribution in [0.5, 0.6) is 0 Å². The first-order valence-electron chi connectivity index (χ1n) is 3.15. The molecule has 0 atom stereocenters. The van der Waals surface area contributed by atoms with E-state index >= 15 is 0 Å². The first kappa shape index (κ1) is 21.2. The van der Waals surface area contributed by atoms with Gasteiger partial charge in [-0.25, -0.2) is 8.42 Å². The average molecular weight is 338 g/mol. The molecule has 0 fully saturated rings. The van der Waals surface area contributed by atoms with Crippen molar-refractivity contribution < 1.29 is 104 Å². The summed E-state index contributed by atoms with van der Waals surface area (Å²) in [6.45, 7) is 0. The van der Waals surface area contributed by atoms with Gasteiger partial charge in [0.25, 0.3) is 0 Å². The molecular weight excluding hydrogens is 338 g/mol. The molecule has 0 saturated carbocycles. The van der Waals surface area contributed by atoms with Crippen LogP contribution in [0.4, 0.5) is 39.5 Å². The minimum Gasteiger partial charge on any atom is -0.743 e. The summed E-state index contributed by atoms with van der Waals surface area (Å²) >= 11 is 0. The van der Waals surface area contributed by atoms with E-state index < -0.39 is 33.4 Å². The Balaban J connectivity index is 0. The van der Waals surface area contributed by atoms with Crippen LogP contribution in [0.25, 0.3) is 0 Å². The van der Waals surface area contributed by atoms with Crippen molar-refractivity contribution >= 4 is 10.1 Å². The van der Waals surface area contributed by atoms with Gasteiger partial charge in [0.1, 0.15) is 0 Å². The summed E-state index contributed by atoms with van der Waals surface area (Å²) in [5.74, 6) is -14.8. The normalized spacial score (nSPS) is 15.2.